The van der Waals surface area contributed by atoms with Crippen LogP contribution in [0.15, 0.2) is 24.4 Å². The van der Waals surface area contributed by atoms with E-state index in [0.717, 1.165) is 46.0 Å². The minimum Gasteiger partial charge on any atom is -0.490 e. The second kappa shape index (κ2) is 6.39. The number of aryl methyl sites for hydroxylation is 1. The molecule has 1 aromatic carbocycles. The molecule has 25 heavy (non-hydrogen) atoms. The van der Waals surface area contributed by atoms with Crippen LogP contribution in [0.25, 0.3) is 21.8 Å². The molecule has 0 atom stereocenters. The van der Waals surface area contributed by atoms with Gasteiger partial charge in [-0.3, -0.25) is 0 Å². The van der Waals surface area contributed by atoms with Crippen LogP contribution in [0.1, 0.15) is 48.7 Å². The van der Waals surface area contributed by atoms with E-state index in [9.17, 15) is 4.79 Å². The molecule has 0 aliphatic heterocycles. The molecule has 2 aromatic heterocycles. The molecule has 1 aliphatic carbocycles. The second-order valence-electron chi connectivity index (χ2n) is 6.57. The lowest BCUT2D eigenvalue weighted by Crippen LogP contribution is -2.11. The molecular weight excluding hydrogens is 316 g/mol. The van der Waals surface area contributed by atoms with Crippen LogP contribution in [0.4, 0.5) is 0 Å². The number of esters is 1. The van der Waals surface area contributed by atoms with Crippen LogP contribution in [-0.2, 0) is 4.74 Å². The molecule has 1 saturated carbocycles. The van der Waals surface area contributed by atoms with Gasteiger partial charge in [-0.05, 0) is 57.2 Å². The maximum absolute atomic E-state index is 12.2. The molecule has 3 aromatic rings. The molecule has 2 heterocycles. The van der Waals surface area contributed by atoms with E-state index >= 15 is 0 Å². The summed E-state index contributed by atoms with van der Waals surface area (Å²) in [6.07, 6.45) is 6.64. The van der Waals surface area contributed by atoms with E-state index in [0.29, 0.717) is 12.3 Å². The number of hydrogen-bond acceptors (Lipinski definition) is 4. The first-order valence-corrected chi connectivity index (χ1v) is 8.92. The quantitative estimate of drug-likeness (QED) is 0.710. The number of hydrogen-bond donors (Lipinski definition) is 1. The summed E-state index contributed by atoms with van der Waals surface area (Å²) in [5, 5.41) is 2.01. The normalized spacial score (nSPS) is 15.1. The molecule has 0 radical (unpaired) electrons. The van der Waals surface area contributed by atoms with E-state index in [1.165, 1.54) is 12.8 Å². The van der Waals surface area contributed by atoms with Crippen molar-refractivity contribution in [3.05, 3.63) is 35.7 Å². The summed E-state index contributed by atoms with van der Waals surface area (Å²) >= 11 is 0. The molecule has 130 valence electrons. The van der Waals surface area contributed by atoms with Crippen LogP contribution in [0.5, 0.6) is 5.75 Å². The van der Waals surface area contributed by atoms with Crippen molar-refractivity contribution in [3.63, 3.8) is 0 Å². The topological polar surface area (TPSA) is 64.2 Å². The Hall–Kier alpha value is -2.56. The highest BCUT2D eigenvalue weighted by molar-refractivity contribution is 6.13. The number of carbonyl (C=O) groups is 1. The van der Waals surface area contributed by atoms with Gasteiger partial charge in [0.25, 0.3) is 0 Å². The van der Waals surface area contributed by atoms with Crippen molar-refractivity contribution in [1.82, 2.24) is 9.97 Å². The molecule has 1 N–H and O–H groups in total. The fourth-order valence-corrected chi connectivity index (χ4v) is 3.76. The van der Waals surface area contributed by atoms with Gasteiger partial charge in [-0.25, -0.2) is 9.78 Å². The summed E-state index contributed by atoms with van der Waals surface area (Å²) in [6.45, 7) is 4.05. The van der Waals surface area contributed by atoms with E-state index in [2.05, 4.69) is 9.97 Å². The third-order valence-corrected chi connectivity index (χ3v) is 4.93. The van der Waals surface area contributed by atoms with Crippen molar-refractivity contribution in [1.29, 1.82) is 0 Å². The van der Waals surface area contributed by atoms with E-state index in [-0.39, 0.29) is 12.1 Å². The lowest BCUT2D eigenvalue weighted by atomic mass is 10.1. The minimum atomic E-state index is -0.384. The molecular formula is C20H22N2O3. The Balaban J connectivity index is 1.89. The van der Waals surface area contributed by atoms with Crippen molar-refractivity contribution in [2.75, 3.05) is 6.61 Å². The Labute approximate surface area is 146 Å². The molecule has 0 spiro atoms. The Morgan fingerprint density at radius 1 is 1.24 bits per heavy atom. The van der Waals surface area contributed by atoms with Gasteiger partial charge in [0.05, 0.1) is 29.9 Å². The van der Waals surface area contributed by atoms with Crippen molar-refractivity contribution in [2.45, 2.75) is 45.6 Å². The lowest BCUT2D eigenvalue weighted by Gasteiger charge is -2.14. The average Bonchev–Trinajstić information content (AvgIpc) is 3.23. The van der Waals surface area contributed by atoms with Gasteiger partial charge in [-0.15, -0.1) is 0 Å². The highest BCUT2D eigenvalue weighted by Gasteiger charge is 2.21. The molecule has 1 aliphatic rings. The fourth-order valence-electron chi connectivity index (χ4n) is 3.76. The second-order valence-corrected chi connectivity index (χ2v) is 6.57. The SMILES string of the molecule is CCOC(=O)c1ncc2[nH]c3cccc(OC4CCCC4)c3c2c1C. The Bertz CT molecular complexity index is 939. The van der Waals surface area contributed by atoms with Crippen LogP contribution in [0.3, 0.4) is 0 Å². The first-order chi connectivity index (χ1) is 12.2. The third kappa shape index (κ3) is 2.73. The predicted octanol–water partition coefficient (Wildman–Crippen LogP) is 4.52. The molecule has 5 heteroatoms. The van der Waals surface area contributed by atoms with Gasteiger partial charge in [0.1, 0.15) is 5.75 Å². The van der Waals surface area contributed by atoms with Crippen LogP contribution < -0.4 is 4.74 Å². The van der Waals surface area contributed by atoms with Crippen molar-refractivity contribution in [2.24, 2.45) is 0 Å². The van der Waals surface area contributed by atoms with Crippen molar-refractivity contribution < 1.29 is 14.3 Å². The van der Waals surface area contributed by atoms with E-state index < -0.39 is 0 Å². The minimum absolute atomic E-state index is 0.280. The number of H-pyrrole nitrogens is 1. The maximum atomic E-state index is 12.2. The number of carbonyl (C=O) groups excluding carboxylic acids is 1. The molecule has 4 rings (SSSR count). The summed E-state index contributed by atoms with van der Waals surface area (Å²) < 4.78 is 11.4. The van der Waals surface area contributed by atoms with Gasteiger partial charge in [0.15, 0.2) is 5.69 Å². The highest BCUT2D eigenvalue weighted by Crippen LogP contribution is 2.37. The number of ether oxygens (including phenoxy) is 2. The van der Waals surface area contributed by atoms with Gasteiger partial charge in [-0.1, -0.05) is 6.07 Å². The van der Waals surface area contributed by atoms with E-state index in [1.54, 1.807) is 13.1 Å². The maximum Gasteiger partial charge on any atom is 0.357 e. The summed E-state index contributed by atoms with van der Waals surface area (Å²) in [5.41, 5.74) is 3.09. The Morgan fingerprint density at radius 2 is 2.04 bits per heavy atom. The van der Waals surface area contributed by atoms with Crippen molar-refractivity contribution >= 4 is 27.8 Å². The number of aromatic amines is 1. The fraction of sp³-hybridized carbons (Fsp3) is 0.400. The van der Waals surface area contributed by atoms with Gasteiger partial charge in [0.2, 0.25) is 0 Å². The van der Waals surface area contributed by atoms with Crippen LogP contribution in [-0.4, -0.2) is 28.6 Å². The largest absolute Gasteiger partial charge is 0.490 e. The molecule has 0 saturated heterocycles. The smallest absolute Gasteiger partial charge is 0.357 e. The summed E-state index contributed by atoms with van der Waals surface area (Å²) in [6, 6.07) is 6.04. The molecule has 1 fully saturated rings. The molecule has 0 amide bonds. The summed E-state index contributed by atoms with van der Waals surface area (Å²) in [7, 11) is 0. The first kappa shape index (κ1) is 15.9. The number of rotatable bonds is 4. The lowest BCUT2D eigenvalue weighted by molar-refractivity contribution is 0.0519. The van der Waals surface area contributed by atoms with E-state index in [4.69, 9.17) is 9.47 Å². The van der Waals surface area contributed by atoms with Gasteiger partial charge < -0.3 is 14.5 Å². The zero-order valence-corrected chi connectivity index (χ0v) is 14.6. The molecule has 0 unspecified atom stereocenters. The summed E-state index contributed by atoms with van der Waals surface area (Å²) in [5.74, 6) is 0.491. The van der Waals surface area contributed by atoms with Gasteiger partial charge in [0, 0.05) is 10.8 Å². The van der Waals surface area contributed by atoms with Crippen LogP contribution >= 0.6 is 0 Å². The van der Waals surface area contributed by atoms with Gasteiger partial charge in [-0.2, -0.15) is 0 Å². The number of nitrogens with one attached hydrogen (secondary N) is 1. The Kier molecular flexibility index (Phi) is 4.07. The highest BCUT2D eigenvalue weighted by atomic mass is 16.5. The zero-order chi connectivity index (χ0) is 17.4. The standard InChI is InChI=1S/C20H22N2O3/c1-3-24-20(23)19-12(2)17-15(11-21-19)22-14-9-6-10-16(18(14)17)25-13-7-4-5-8-13/h6,9-11,13,22H,3-5,7-8H2,1-2H3. The predicted molar refractivity (Wildman–Crippen MR) is 97.2 cm³/mol. The number of fused-ring (bicyclic) bond motifs is 3. The Morgan fingerprint density at radius 3 is 2.80 bits per heavy atom. The van der Waals surface area contributed by atoms with E-state index in [1.807, 2.05) is 25.1 Å². The van der Waals surface area contributed by atoms with Crippen LogP contribution in [0.2, 0.25) is 0 Å². The molecule has 0 bridgehead atoms. The monoisotopic (exact) mass is 338 g/mol. The number of aromatic nitrogens is 2. The van der Waals surface area contributed by atoms with Crippen molar-refractivity contribution in [3.8, 4) is 5.75 Å². The van der Waals surface area contributed by atoms with Crippen LogP contribution in [0, 0.1) is 6.92 Å². The molecule has 5 nitrogen and oxygen atoms in total. The summed E-state index contributed by atoms with van der Waals surface area (Å²) in [4.78, 5) is 19.9. The first-order valence-electron chi connectivity index (χ1n) is 8.92. The average molecular weight is 338 g/mol. The zero-order valence-electron chi connectivity index (χ0n) is 14.6. The number of nitrogens with zero attached hydrogens (tertiary/aromatic N) is 1. The number of pyridine rings is 1. The van der Waals surface area contributed by atoms with Gasteiger partial charge >= 0.3 is 5.97 Å². The third-order valence-electron chi connectivity index (χ3n) is 4.93. The number of benzene rings is 1.